The smallest absolute Gasteiger partial charge is 0.390 e. The van der Waals surface area contributed by atoms with Crippen LogP contribution in [-0.2, 0) is 40.8 Å². The van der Waals surface area contributed by atoms with Crippen LogP contribution in [0.3, 0.4) is 0 Å². The monoisotopic (exact) mass is 658 g/mol. The van der Waals surface area contributed by atoms with Gasteiger partial charge in [0.1, 0.15) is 0 Å². The minimum atomic E-state index is -2.55. The van der Waals surface area contributed by atoms with Crippen molar-refractivity contribution in [2.45, 2.75) is 100.0 Å². The molecule has 2 bridgehead atoms. The van der Waals surface area contributed by atoms with Crippen molar-refractivity contribution in [3.63, 3.8) is 0 Å². The van der Waals surface area contributed by atoms with Crippen LogP contribution in [0.4, 0.5) is 4.79 Å². The zero-order valence-electron chi connectivity index (χ0n) is 27.4. The molecule has 3 heterocycles. The van der Waals surface area contributed by atoms with E-state index < -0.39 is 54.7 Å². The lowest BCUT2D eigenvalue weighted by Crippen LogP contribution is -2.56. The third-order valence-corrected chi connectivity index (χ3v) is 10.8. The van der Waals surface area contributed by atoms with E-state index in [9.17, 15) is 24.3 Å². The molecular formula is C36H42N4O8. The molecule has 12 nitrogen and oxygen atoms in total. The lowest BCUT2D eigenvalue weighted by atomic mass is 9.70. The first-order valence-corrected chi connectivity index (χ1v) is 16.9. The number of rotatable bonds is 6. The zero-order chi connectivity index (χ0) is 33.6. The molecule has 2 unspecified atom stereocenters. The number of esters is 1. The first-order chi connectivity index (χ1) is 23.1. The molecule has 48 heavy (non-hydrogen) atoms. The predicted molar refractivity (Wildman–Crippen MR) is 173 cm³/mol. The fraction of sp³-hybridized carbons (Fsp3) is 0.500. The standard InChI is InChI=1S/C36H42N4O8/c1-38(2)35(24-10-4-3-5-11-24)18-16-23(17-19-35)32-27(26-14-8-9-15-28(26)37-32)20-29-40-34(44)39(25-12-6-7-13-25)47-31(42)22-36(45,33(43)48-40)21-30(41)46-29/h3-5,8-11,14-15,23,25,29,37,45H,6-7,12-13,16-22H2,1-2H3. The first kappa shape index (κ1) is 32.1. The van der Waals surface area contributed by atoms with Crippen molar-refractivity contribution >= 4 is 34.8 Å². The normalized spacial score (nSPS) is 28.8. The third-order valence-electron chi connectivity index (χ3n) is 10.8. The largest absolute Gasteiger partial charge is 0.438 e. The summed E-state index contributed by atoms with van der Waals surface area (Å²) in [6.07, 6.45) is 3.37. The summed E-state index contributed by atoms with van der Waals surface area (Å²) in [4.78, 5) is 70.6. The second-order valence-corrected chi connectivity index (χ2v) is 13.9. The van der Waals surface area contributed by atoms with Crippen molar-refractivity contribution in [2.24, 2.45) is 0 Å². The highest BCUT2D eigenvalue weighted by Gasteiger charge is 2.52. The van der Waals surface area contributed by atoms with E-state index >= 15 is 0 Å². The molecular weight excluding hydrogens is 616 g/mol. The zero-order valence-corrected chi connectivity index (χ0v) is 27.4. The summed E-state index contributed by atoms with van der Waals surface area (Å²) < 4.78 is 5.85. The van der Waals surface area contributed by atoms with E-state index in [4.69, 9.17) is 14.4 Å². The highest BCUT2D eigenvalue weighted by Crippen LogP contribution is 2.47. The Morgan fingerprint density at radius 3 is 2.23 bits per heavy atom. The van der Waals surface area contributed by atoms with E-state index in [1.54, 1.807) is 0 Å². The van der Waals surface area contributed by atoms with Crippen molar-refractivity contribution in [3.05, 3.63) is 71.4 Å². The van der Waals surface area contributed by atoms with E-state index in [0.29, 0.717) is 17.9 Å². The van der Waals surface area contributed by atoms with Gasteiger partial charge in [-0.3, -0.25) is 9.69 Å². The SMILES string of the molecule is CN(C)C1(c2ccccc2)CCC(c2[nH]c3ccccc3c2CC2OC(=O)CC3(O)CC(=O)ON(C4CCCC4)C(=O)N2OC3=O)CC1. The first-order valence-electron chi connectivity index (χ1n) is 16.9. The van der Waals surface area contributed by atoms with Crippen LogP contribution < -0.4 is 0 Å². The number of aliphatic hydroxyl groups is 1. The Balaban J connectivity index is 1.25. The molecule has 2 saturated carbocycles. The van der Waals surface area contributed by atoms with Crippen molar-refractivity contribution in [2.75, 3.05) is 14.1 Å². The number of urea groups is 1. The number of H-pyrrole nitrogens is 1. The van der Waals surface area contributed by atoms with E-state index in [1.807, 2.05) is 30.3 Å². The molecule has 2 N–H and O–H groups in total. The van der Waals surface area contributed by atoms with Crippen molar-refractivity contribution < 1.29 is 38.7 Å². The van der Waals surface area contributed by atoms with Crippen molar-refractivity contribution in [1.29, 1.82) is 0 Å². The number of hydrogen-bond acceptors (Lipinski definition) is 9. The Labute approximate surface area is 278 Å². The summed E-state index contributed by atoms with van der Waals surface area (Å²) in [7, 11) is 4.25. The Kier molecular flexibility index (Phi) is 8.41. The van der Waals surface area contributed by atoms with Crippen LogP contribution in [0.2, 0.25) is 0 Å². The minimum Gasteiger partial charge on any atom is -0.438 e. The molecule has 7 rings (SSSR count). The fourth-order valence-corrected chi connectivity index (χ4v) is 8.18. The second-order valence-electron chi connectivity index (χ2n) is 13.9. The van der Waals surface area contributed by atoms with Crippen molar-refractivity contribution in [3.8, 4) is 0 Å². The van der Waals surface area contributed by atoms with Gasteiger partial charge in [0.25, 0.3) is 0 Å². The summed E-state index contributed by atoms with van der Waals surface area (Å²) in [6, 6.07) is 17.0. The summed E-state index contributed by atoms with van der Waals surface area (Å²) in [5.41, 5.74) is 1.35. The van der Waals surface area contributed by atoms with Gasteiger partial charge in [0.05, 0.1) is 18.9 Å². The van der Waals surface area contributed by atoms with Gasteiger partial charge in [-0.2, -0.15) is 0 Å². The van der Waals surface area contributed by atoms with E-state index in [2.05, 4.69) is 48.2 Å². The summed E-state index contributed by atoms with van der Waals surface area (Å²) in [6.45, 7) is 0. The average molecular weight is 659 g/mol. The molecule has 2 aliphatic heterocycles. The molecule has 254 valence electrons. The van der Waals surface area contributed by atoms with Crippen LogP contribution >= 0.6 is 0 Å². The number of hydrogen-bond donors (Lipinski definition) is 2. The number of fused-ring (bicyclic) bond motifs is 4. The molecule has 1 aromatic heterocycles. The van der Waals surface area contributed by atoms with Gasteiger partial charge >= 0.3 is 23.9 Å². The number of ether oxygens (including phenoxy) is 1. The average Bonchev–Trinajstić information content (AvgIpc) is 3.74. The molecule has 2 aromatic carbocycles. The number of nitrogens with zero attached hydrogens (tertiary/aromatic N) is 3. The highest BCUT2D eigenvalue weighted by molar-refractivity contribution is 5.92. The third kappa shape index (κ3) is 5.70. The fourth-order valence-electron chi connectivity index (χ4n) is 8.18. The lowest BCUT2D eigenvalue weighted by molar-refractivity contribution is -0.250. The van der Waals surface area contributed by atoms with Crippen LogP contribution in [-0.4, -0.2) is 81.0 Å². The molecule has 2 saturated heterocycles. The molecule has 2 aliphatic carbocycles. The van der Waals surface area contributed by atoms with Gasteiger partial charge in [0, 0.05) is 28.6 Å². The Bertz CT molecular complexity index is 1710. The number of cyclic esters (lactones) is 1. The molecule has 2 amide bonds. The summed E-state index contributed by atoms with van der Waals surface area (Å²) >= 11 is 0. The van der Waals surface area contributed by atoms with Crippen molar-refractivity contribution in [1.82, 2.24) is 20.0 Å². The molecule has 12 heteroatoms. The van der Waals surface area contributed by atoms with Gasteiger partial charge in [-0.25, -0.2) is 14.4 Å². The van der Waals surface area contributed by atoms with E-state index in [-0.39, 0.29) is 17.9 Å². The topological polar surface area (TPSA) is 142 Å². The number of carbonyl (C=O) groups is 4. The molecule has 2 atom stereocenters. The number of para-hydroxylation sites is 1. The van der Waals surface area contributed by atoms with Gasteiger partial charge in [-0.05, 0) is 75.7 Å². The highest BCUT2D eigenvalue weighted by atomic mass is 16.8. The number of aromatic nitrogens is 1. The number of amides is 2. The molecule has 4 aliphatic rings. The quantitative estimate of drug-likeness (QED) is 0.357. The second kappa shape index (κ2) is 12.6. The van der Waals surface area contributed by atoms with Gasteiger partial charge in [-0.1, -0.05) is 61.4 Å². The van der Waals surface area contributed by atoms with Crippen LogP contribution in [0.15, 0.2) is 54.6 Å². The molecule has 4 fully saturated rings. The Morgan fingerprint density at radius 2 is 1.52 bits per heavy atom. The number of benzene rings is 2. The Morgan fingerprint density at radius 1 is 0.854 bits per heavy atom. The summed E-state index contributed by atoms with van der Waals surface area (Å²) in [5.74, 6) is -3.08. The number of carbonyl (C=O) groups excluding carboxylic acids is 4. The summed E-state index contributed by atoms with van der Waals surface area (Å²) in [5, 5.41) is 13.6. The van der Waals surface area contributed by atoms with Gasteiger partial charge in [0.15, 0.2) is 5.60 Å². The maximum Gasteiger partial charge on any atom is 0.390 e. The number of aromatic amines is 1. The van der Waals surface area contributed by atoms with Gasteiger partial charge in [-0.15, -0.1) is 10.1 Å². The van der Waals surface area contributed by atoms with Gasteiger partial charge < -0.3 is 24.5 Å². The molecule has 0 radical (unpaired) electrons. The predicted octanol–water partition coefficient (Wildman–Crippen LogP) is 4.82. The van der Waals surface area contributed by atoms with E-state index in [1.165, 1.54) is 5.56 Å². The lowest BCUT2D eigenvalue weighted by Gasteiger charge is -2.45. The number of nitrogens with one attached hydrogen (secondary N) is 1. The van der Waals surface area contributed by atoms with Crippen LogP contribution in [0.25, 0.3) is 10.9 Å². The maximum atomic E-state index is 14.1. The minimum absolute atomic E-state index is 0.00297. The molecule has 3 aromatic rings. The Hall–Kier alpha value is -4.42. The van der Waals surface area contributed by atoms with Gasteiger partial charge in [0.2, 0.25) is 6.23 Å². The molecule has 0 spiro atoms. The van der Waals surface area contributed by atoms with Crippen LogP contribution in [0, 0.1) is 0 Å². The van der Waals surface area contributed by atoms with E-state index in [0.717, 1.165) is 65.7 Å². The maximum absolute atomic E-state index is 14.1. The van der Waals surface area contributed by atoms with Crippen LogP contribution in [0.1, 0.15) is 86.9 Å². The number of hydroxylamine groups is 4. The van der Waals surface area contributed by atoms with Crippen LogP contribution in [0.5, 0.6) is 0 Å².